The molecule has 0 amide bonds. The summed E-state index contributed by atoms with van der Waals surface area (Å²) in [5.41, 5.74) is 8.65. The van der Waals surface area contributed by atoms with Crippen molar-refractivity contribution < 1.29 is 8.83 Å². The van der Waals surface area contributed by atoms with E-state index in [1.807, 2.05) is 78.9 Å². The molecule has 5 nitrogen and oxygen atoms in total. The van der Waals surface area contributed by atoms with Crippen LogP contribution in [-0.2, 0) is 0 Å². The van der Waals surface area contributed by atoms with Crippen molar-refractivity contribution >= 4 is 55.5 Å². The normalized spacial score (nSPS) is 15.0. The summed E-state index contributed by atoms with van der Waals surface area (Å²) in [5.74, 6) is 1.47. The largest absolute Gasteiger partial charge is 0.456 e. The molecule has 1 aliphatic heterocycles. The molecule has 9 rings (SSSR count). The lowest BCUT2D eigenvalue weighted by atomic mass is 9.95. The Hall–Kier alpha value is -5.94. The number of aliphatic imine (C=N–C) groups is 2. The lowest BCUT2D eigenvalue weighted by Gasteiger charge is -2.23. The van der Waals surface area contributed by atoms with E-state index in [0.717, 1.165) is 77.5 Å². The Morgan fingerprint density at radius 2 is 1.11 bits per heavy atom. The van der Waals surface area contributed by atoms with Crippen LogP contribution in [0.3, 0.4) is 0 Å². The summed E-state index contributed by atoms with van der Waals surface area (Å²) in [6.45, 7) is 0. The lowest BCUT2D eigenvalue weighted by molar-refractivity contribution is 0.668. The molecule has 1 unspecified atom stereocenters. The highest BCUT2D eigenvalue weighted by molar-refractivity contribution is 6.21. The van der Waals surface area contributed by atoms with Gasteiger partial charge in [0.15, 0.2) is 5.84 Å². The molecule has 1 aliphatic rings. The van der Waals surface area contributed by atoms with Gasteiger partial charge in [-0.3, -0.25) is 0 Å². The summed E-state index contributed by atoms with van der Waals surface area (Å²) in [7, 11) is 0. The minimum absolute atomic E-state index is 0.266. The van der Waals surface area contributed by atoms with E-state index in [2.05, 4.69) is 66.0 Å². The zero-order valence-electron chi connectivity index (χ0n) is 23.6. The first-order valence-corrected chi connectivity index (χ1v) is 14.7. The maximum Gasteiger partial charge on any atom is 0.159 e. The minimum Gasteiger partial charge on any atom is -0.456 e. The number of hydrogen-bond acceptors (Lipinski definition) is 5. The Balaban J connectivity index is 1.24. The van der Waals surface area contributed by atoms with Crippen molar-refractivity contribution in [1.82, 2.24) is 5.32 Å². The van der Waals surface area contributed by atoms with Gasteiger partial charge < -0.3 is 14.2 Å². The van der Waals surface area contributed by atoms with Crippen LogP contribution in [-0.4, -0.2) is 11.7 Å². The fourth-order valence-corrected chi connectivity index (χ4v) is 6.32. The van der Waals surface area contributed by atoms with E-state index in [0.29, 0.717) is 5.84 Å². The SMILES string of the molecule is c1ccc(C2=NC(c3ccccc3)NC(c3ccc4oc5cccc(-c6cccc7oc8ccccc8c67)c5c4c3)=N2)cc1. The molecule has 1 atom stereocenters. The van der Waals surface area contributed by atoms with Crippen LogP contribution in [0.4, 0.5) is 0 Å². The summed E-state index contributed by atoms with van der Waals surface area (Å²) in [6, 6.07) is 47.4. The molecule has 1 N–H and O–H groups in total. The van der Waals surface area contributed by atoms with Crippen LogP contribution < -0.4 is 5.32 Å². The number of fused-ring (bicyclic) bond motifs is 6. The minimum atomic E-state index is -0.266. The van der Waals surface area contributed by atoms with E-state index in [9.17, 15) is 0 Å². The second kappa shape index (κ2) is 9.82. The quantitative estimate of drug-likeness (QED) is 0.230. The number of amidine groups is 2. The highest BCUT2D eigenvalue weighted by Gasteiger charge is 2.23. The predicted octanol–water partition coefficient (Wildman–Crippen LogP) is 9.65. The first-order valence-electron chi connectivity index (χ1n) is 14.7. The monoisotopic (exact) mass is 567 g/mol. The van der Waals surface area contributed by atoms with Crippen LogP contribution in [0.25, 0.3) is 55.0 Å². The van der Waals surface area contributed by atoms with E-state index in [1.54, 1.807) is 0 Å². The second-order valence-corrected chi connectivity index (χ2v) is 11.0. The van der Waals surface area contributed by atoms with Gasteiger partial charge in [0, 0.05) is 32.7 Å². The summed E-state index contributed by atoms with van der Waals surface area (Å²) in [5, 5.41) is 7.90. The van der Waals surface area contributed by atoms with Crippen LogP contribution in [0.15, 0.2) is 158 Å². The zero-order chi connectivity index (χ0) is 29.0. The third-order valence-electron chi connectivity index (χ3n) is 8.35. The number of nitrogens with zero attached hydrogens (tertiary/aromatic N) is 2. The highest BCUT2D eigenvalue weighted by atomic mass is 16.3. The average molecular weight is 568 g/mol. The maximum absolute atomic E-state index is 6.41. The molecule has 2 aromatic heterocycles. The Labute approximate surface area is 252 Å². The standard InChI is InChI=1S/C39H25N3O2/c1-3-11-24(12-4-1)37-40-38(25-13-5-2-6-14-25)42-39(41-37)26-21-22-32-30(23-26)36-28(17-10-20-34(36)44-32)27-16-9-19-33-35(27)29-15-7-8-18-31(29)43-33/h1-23,37H,(H,40,41,42). The van der Waals surface area contributed by atoms with Crippen molar-refractivity contribution in [2.45, 2.75) is 6.17 Å². The van der Waals surface area contributed by atoms with Gasteiger partial charge >= 0.3 is 0 Å². The summed E-state index contributed by atoms with van der Waals surface area (Å²) in [6.07, 6.45) is -0.266. The molecule has 0 radical (unpaired) electrons. The maximum atomic E-state index is 6.41. The first-order chi connectivity index (χ1) is 21.8. The molecule has 8 aromatic rings. The number of para-hydroxylation sites is 1. The van der Waals surface area contributed by atoms with E-state index in [1.165, 1.54) is 0 Å². The van der Waals surface area contributed by atoms with Gasteiger partial charge in [-0.25, -0.2) is 9.98 Å². The fraction of sp³-hybridized carbons (Fsp3) is 0.0256. The summed E-state index contributed by atoms with van der Waals surface area (Å²) >= 11 is 0. The van der Waals surface area contributed by atoms with Gasteiger partial charge in [0.1, 0.15) is 34.3 Å². The van der Waals surface area contributed by atoms with Crippen LogP contribution in [0.1, 0.15) is 22.9 Å². The van der Waals surface area contributed by atoms with E-state index in [-0.39, 0.29) is 6.17 Å². The second-order valence-electron chi connectivity index (χ2n) is 11.0. The van der Waals surface area contributed by atoms with Gasteiger partial charge in [-0.1, -0.05) is 103 Å². The lowest BCUT2D eigenvalue weighted by Crippen LogP contribution is -2.33. The summed E-state index contributed by atoms with van der Waals surface area (Å²) in [4.78, 5) is 10.0. The molecular formula is C39H25N3O2. The number of benzene rings is 6. The van der Waals surface area contributed by atoms with E-state index in [4.69, 9.17) is 18.8 Å². The number of hydrogen-bond donors (Lipinski definition) is 1. The van der Waals surface area contributed by atoms with Crippen LogP contribution >= 0.6 is 0 Å². The smallest absolute Gasteiger partial charge is 0.159 e. The number of furan rings is 2. The third kappa shape index (κ3) is 3.94. The van der Waals surface area contributed by atoms with Gasteiger partial charge in [0.2, 0.25) is 0 Å². The summed E-state index contributed by atoms with van der Waals surface area (Å²) < 4.78 is 12.6. The number of rotatable bonds is 4. The Kier molecular flexibility index (Phi) is 5.50. The molecule has 208 valence electrons. The zero-order valence-corrected chi connectivity index (χ0v) is 23.6. The molecular weight excluding hydrogens is 542 g/mol. The molecule has 3 heterocycles. The molecule has 44 heavy (non-hydrogen) atoms. The Bertz CT molecular complexity index is 2420. The predicted molar refractivity (Wildman–Crippen MR) is 178 cm³/mol. The van der Waals surface area contributed by atoms with E-state index >= 15 is 0 Å². The van der Waals surface area contributed by atoms with Crippen molar-refractivity contribution in [2.24, 2.45) is 9.98 Å². The van der Waals surface area contributed by atoms with Crippen molar-refractivity contribution in [3.05, 3.63) is 156 Å². The molecule has 0 aliphatic carbocycles. The van der Waals surface area contributed by atoms with Crippen molar-refractivity contribution in [3.8, 4) is 11.1 Å². The third-order valence-corrected chi connectivity index (χ3v) is 8.35. The van der Waals surface area contributed by atoms with Gasteiger partial charge in [-0.15, -0.1) is 0 Å². The Morgan fingerprint density at radius 1 is 0.500 bits per heavy atom. The first kappa shape index (κ1) is 24.6. The number of nitrogens with one attached hydrogen (secondary N) is 1. The van der Waals surface area contributed by atoms with Crippen molar-refractivity contribution in [3.63, 3.8) is 0 Å². The molecule has 0 bridgehead atoms. The Morgan fingerprint density at radius 3 is 1.86 bits per heavy atom. The van der Waals surface area contributed by atoms with Gasteiger partial charge in [0.25, 0.3) is 0 Å². The molecule has 0 saturated heterocycles. The van der Waals surface area contributed by atoms with Crippen LogP contribution in [0.5, 0.6) is 0 Å². The topological polar surface area (TPSA) is 63.0 Å². The molecule has 0 saturated carbocycles. The van der Waals surface area contributed by atoms with Crippen molar-refractivity contribution in [2.75, 3.05) is 0 Å². The molecule has 0 spiro atoms. The van der Waals surface area contributed by atoms with Gasteiger partial charge in [0.05, 0.1) is 0 Å². The fourth-order valence-electron chi connectivity index (χ4n) is 6.32. The average Bonchev–Trinajstić information content (AvgIpc) is 3.67. The van der Waals surface area contributed by atoms with E-state index < -0.39 is 0 Å². The van der Waals surface area contributed by atoms with Gasteiger partial charge in [-0.2, -0.15) is 0 Å². The molecule has 6 aromatic carbocycles. The molecule has 5 heteroatoms. The highest BCUT2D eigenvalue weighted by Crippen LogP contribution is 2.42. The van der Waals surface area contributed by atoms with Gasteiger partial charge in [-0.05, 0) is 53.1 Å². The van der Waals surface area contributed by atoms with Crippen LogP contribution in [0.2, 0.25) is 0 Å². The van der Waals surface area contributed by atoms with Crippen LogP contribution in [0, 0.1) is 0 Å². The van der Waals surface area contributed by atoms with Crippen molar-refractivity contribution in [1.29, 1.82) is 0 Å². The molecule has 0 fully saturated rings.